The molecule has 0 aromatic heterocycles. The second-order valence-corrected chi connectivity index (χ2v) is 11.3. The van der Waals surface area contributed by atoms with Crippen molar-refractivity contribution in [2.75, 3.05) is 6.54 Å². The minimum atomic E-state index is -4.40. The van der Waals surface area contributed by atoms with Crippen LogP contribution in [0.4, 0.5) is 13.2 Å². The standard InChI is InChI=1S/C29H30F3N3O4S/c1-2-6-24-25(33)9-4-11-27(24)40(37,38)35-16-5-10-26(35)28(36)34-18-21-7-3-8-23(17-21)39-19-20-12-14-22(15-13-20)29(30,31)32/h3-4,6-9,11-15,17,26,33H,2,5,10,16,18-19H2,1H3,(H,34,36)/b24-6-,33-25?/t26-/m0/s1. The van der Waals surface area contributed by atoms with E-state index in [0.29, 0.717) is 41.7 Å². The number of amides is 1. The summed E-state index contributed by atoms with van der Waals surface area (Å²) in [6.45, 7) is 2.28. The first-order valence-corrected chi connectivity index (χ1v) is 14.3. The summed E-state index contributed by atoms with van der Waals surface area (Å²) in [6, 6.07) is 10.8. The number of nitrogens with zero attached hydrogens (tertiary/aromatic N) is 1. The summed E-state index contributed by atoms with van der Waals surface area (Å²) >= 11 is 0. The van der Waals surface area contributed by atoms with Gasteiger partial charge in [0.15, 0.2) is 0 Å². The van der Waals surface area contributed by atoms with Gasteiger partial charge in [-0.2, -0.15) is 17.5 Å². The van der Waals surface area contributed by atoms with Crippen LogP contribution in [-0.4, -0.2) is 36.9 Å². The second kappa shape index (κ2) is 12.2. The Kier molecular flexibility index (Phi) is 8.95. The van der Waals surface area contributed by atoms with Gasteiger partial charge in [0.25, 0.3) is 0 Å². The van der Waals surface area contributed by atoms with E-state index in [-0.39, 0.29) is 30.3 Å². The number of rotatable bonds is 9. The smallest absolute Gasteiger partial charge is 0.416 e. The van der Waals surface area contributed by atoms with Gasteiger partial charge in [0.1, 0.15) is 18.4 Å². The van der Waals surface area contributed by atoms with Crippen molar-refractivity contribution < 1.29 is 31.1 Å². The Morgan fingerprint density at radius 3 is 2.62 bits per heavy atom. The van der Waals surface area contributed by atoms with E-state index in [4.69, 9.17) is 10.1 Å². The van der Waals surface area contributed by atoms with Crippen molar-refractivity contribution in [3.8, 4) is 5.75 Å². The molecule has 0 spiro atoms. The summed E-state index contributed by atoms with van der Waals surface area (Å²) in [5.41, 5.74) is 1.01. The maximum absolute atomic E-state index is 13.5. The molecule has 1 aliphatic heterocycles. The maximum Gasteiger partial charge on any atom is 0.416 e. The molecule has 0 radical (unpaired) electrons. The summed E-state index contributed by atoms with van der Waals surface area (Å²) in [4.78, 5) is 13.1. The molecule has 2 aromatic carbocycles. The van der Waals surface area contributed by atoms with Gasteiger partial charge in [-0.15, -0.1) is 0 Å². The highest BCUT2D eigenvalue weighted by molar-refractivity contribution is 7.93. The molecule has 1 heterocycles. The lowest BCUT2D eigenvalue weighted by atomic mass is 10.0. The number of hydrogen-bond acceptors (Lipinski definition) is 5. The first-order valence-electron chi connectivity index (χ1n) is 12.9. The average molecular weight is 574 g/mol. The molecule has 0 unspecified atom stereocenters. The Hall–Kier alpha value is -3.70. The molecule has 1 amide bonds. The topological polar surface area (TPSA) is 99.6 Å². The lowest BCUT2D eigenvalue weighted by molar-refractivity contribution is -0.137. The fourth-order valence-electron chi connectivity index (χ4n) is 4.61. The second-order valence-electron chi connectivity index (χ2n) is 9.45. The minimum Gasteiger partial charge on any atom is -0.489 e. The van der Waals surface area contributed by atoms with Crippen molar-refractivity contribution in [2.45, 2.75) is 51.6 Å². The highest BCUT2D eigenvalue weighted by Gasteiger charge is 2.41. The Balaban J connectivity index is 1.38. The molecular weight excluding hydrogens is 543 g/mol. The molecule has 0 bridgehead atoms. The number of benzene rings is 2. The van der Waals surface area contributed by atoms with E-state index in [1.165, 1.54) is 34.7 Å². The third-order valence-corrected chi connectivity index (χ3v) is 8.59. The molecule has 2 aromatic rings. The Morgan fingerprint density at radius 1 is 1.18 bits per heavy atom. The number of carbonyl (C=O) groups is 1. The number of halogens is 3. The van der Waals surface area contributed by atoms with Gasteiger partial charge in [-0.3, -0.25) is 4.79 Å². The van der Waals surface area contributed by atoms with E-state index < -0.39 is 33.7 Å². The number of alkyl halides is 3. The van der Waals surface area contributed by atoms with Gasteiger partial charge < -0.3 is 15.5 Å². The van der Waals surface area contributed by atoms with Crippen LogP contribution in [0.5, 0.6) is 5.75 Å². The van der Waals surface area contributed by atoms with Gasteiger partial charge >= 0.3 is 6.18 Å². The molecule has 11 heteroatoms. The Bertz CT molecular complexity index is 1460. The molecule has 1 aliphatic carbocycles. The zero-order chi connectivity index (χ0) is 28.9. The van der Waals surface area contributed by atoms with E-state index in [0.717, 1.165) is 12.1 Å². The molecule has 1 fully saturated rings. The van der Waals surface area contributed by atoms with Crippen LogP contribution in [0.15, 0.2) is 83.3 Å². The van der Waals surface area contributed by atoms with Crippen LogP contribution >= 0.6 is 0 Å². The lowest BCUT2D eigenvalue weighted by Gasteiger charge is -2.26. The largest absolute Gasteiger partial charge is 0.489 e. The maximum atomic E-state index is 13.5. The van der Waals surface area contributed by atoms with E-state index >= 15 is 0 Å². The predicted octanol–water partition coefficient (Wildman–Crippen LogP) is 5.50. The molecule has 2 N–H and O–H groups in total. The first kappa shape index (κ1) is 29.3. The molecule has 2 aliphatic rings. The molecule has 40 heavy (non-hydrogen) atoms. The fraction of sp³-hybridized carbons (Fsp3) is 0.310. The summed E-state index contributed by atoms with van der Waals surface area (Å²) in [7, 11) is -4.00. The number of sulfonamides is 1. The van der Waals surface area contributed by atoms with Gasteiger partial charge in [0.2, 0.25) is 15.9 Å². The number of nitrogens with one attached hydrogen (secondary N) is 2. The van der Waals surface area contributed by atoms with Crippen molar-refractivity contribution in [1.29, 1.82) is 5.41 Å². The Labute approximate surface area is 231 Å². The fourth-order valence-corrected chi connectivity index (χ4v) is 6.49. The van der Waals surface area contributed by atoms with E-state index in [9.17, 15) is 26.4 Å². The van der Waals surface area contributed by atoms with Crippen LogP contribution in [0, 0.1) is 5.41 Å². The van der Waals surface area contributed by atoms with Crippen LogP contribution in [-0.2, 0) is 34.1 Å². The molecule has 0 saturated carbocycles. The summed E-state index contributed by atoms with van der Waals surface area (Å²) in [5, 5.41) is 11.0. The van der Waals surface area contributed by atoms with Gasteiger partial charge in [0.05, 0.1) is 16.2 Å². The molecule has 1 atom stereocenters. The number of allylic oxidation sites excluding steroid dienone is 5. The molecule has 4 rings (SSSR count). The van der Waals surface area contributed by atoms with Gasteiger partial charge in [0, 0.05) is 18.7 Å². The summed E-state index contributed by atoms with van der Waals surface area (Å²) < 4.78 is 72.3. The SMILES string of the molecule is CC/C=C1/C(=N)C=CC=C1S(=O)(=O)N1CCC[C@H]1C(=O)NCc1cccc(OCc2ccc(C(F)(F)F)cc2)c1. The normalized spacial score (nSPS) is 19.1. The van der Waals surface area contributed by atoms with E-state index in [1.807, 2.05) is 6.92 Å². The third kappa shape index (κ3) is 6.71. The van der Waals surface area contributed by atoms with Crippen molar-refractivity contribution in [3.05, 3.63) is 100 Å². The van der Waals surface area contributed by atoms with Crippen molar-refractivity contribution in [2.24, 2.45) is 0 Å². The molecular formula is C29H30F3N3O4S. The van der Waals surface area contributed by atoms with Crippen LogP contribution < -0.4 is 10.1 Å². The molecule has 212 valence electrons. The van der Waals surface area contributed by atoms with Crippen LogP contribution in [0.2, 0.25) is 0 Å². The van der Waals surface area contributed by atoms with E-state index in [2.05, 4.69) is 5.32 Å². The lowest BCUT2D eigenvalue weighted by Crippen LogP contribution is -2.46. The number of ether oxygens (including phenoxy) is 1. The third-order valence-electron chi connectivity index (χ3n) is 6.62. The van der Waals surface area contributed by atoms with Crippen LogP contribution in [0.25, 0.3) is 0 Å². The van der Waals surface area contributed by atoms with Crippen molar-refractivity contribution >= 4 is 21.6 Å². The monoisotopic (exact) mass is 573 g/mol. The first-order chi connectivity index (χ1) is 19.0. The highest BCUT2D eigenvalue weighted by Crippen LogP contribution is 2.32. The van der Waals surface area contributed by atoms with Crippen molar-refractivity contribution in [3.63, 3.8) is 0 Å². The van der Waals surface area contributed by atoms with Gasteiger partial charge in [-0.05, 0) is 66.8 Å². The van der Waals surface area contributed by atoms with Crippen LogP contribution in [0.1, 0.15) is 42.9 Å². The average Bonchev–Trinajstić information content (AvgIpc) is 3.43. The Morgan fingerprint density at radius 2 is 1.93 bits per heavy atom. The highest BCUT2D eigenvalue weighted by atomic mass is 32.2. The number of carbonyl (C=O) groups excluding carboxylic acids is 1. The minimum absolute atomic E-state index is 0.0273. The number of hydrogen-bond donors (Lipinski definition) is 2. The van der Waals surface area contributed by atoms with Crippen LogP contribution in [0.3, 0.4) is 0 Å². The van der Waals surface area contributed by atoms with E-state index in [1.54, 1.807) is 30.3 Å². The molecule has 1 saturated heterocycles. The zero-order valence-electron chi connectivity index (χ0n) is 21.9. The molecule has 7 nitrogen and oxygen atoms in total. The van der Waals surface area contributed by atoms with Crippen molar-refractivity contribution in [1.82, 2.24) is 9.62 Å². The summed E-state index contributed by atoms with van der Waals surface area (Å²) in [5.74, 6) is 0.0619. The van der Waals surface area contributed by atoms with Gasteiger partial charge in [-0.1, -0.05) is 43.3 Å². The van der Waals surface area contributed by atoms with Gasteiger partial charge in [-0.25, -0.2) is 8.42 Å². The quantitative estimate of drug-likeness (QED) is 0.414. The predicted molar refractivity (Wildman–Crippen MR) is 146 cm³/mol. The summed E-state index contributed by atoms with van der Waals surface area (Å²) in [6.07, 6.45) is 3.32. The zero-order valence-corrected chi connectivity index (χ0v) is 22.7.